The van der Waals surface area contributed by atoms with E-state index < -0.39 is 24.3 Å². The molecule has 0 saturated carbocycles. The second-order valence-electron chi connectivity index (χ2n) is 5.52. The normalized spacial score (nSPS) is 16.8. The van der Waals surface area contributed by atoms with E-state index in [-0.39, 0.29) is 0 Å². The Morgan fingerprint density at radius 1 is 1.17 bits per heavy atom. The number of hydrogen-bond acceptors (Lipinski definition) is 5. The van der Waals surface area contributed by atoms with Gasteiger partial charge < -0.3 is 20.8 Å². The minimum Gasteiger partial charge on any atom is -0.481 e. The number of carboxylic acid groups (broad SMARTS) is 2. The summed E-state index contributed by atoms with van der Waals surface area (Å²) in [5, 5.41) is 25.0. The predicted molar refractivity (Wildman–Crippen MR) is 87.0 cm³/mol. The Hall–Kier alpha value is -2.83. The molecule has 0 saturated heterocycles. The number of hydrogen-bond donors (Lipinski definition) is 4. The zero-order valence-electron chi connectivity index (χ0n) is 12.4. The molecule has 2 aliphatic heterocycles. The van der Waals surface area contributed by atoms with Gasteiger partial charge in [-0.25, -0.2) is 0 Å². The zero-order valence-corrected chi connectivity index (χ0v) is 12.4. The maximum Gasteiger partial charge on any atom is 0.311 e. The topological polar surface area (TPSA) is 111 Å². The molecular weight excluding hydrogens is 298 g/mol. The first-order valence-corrected chi connectivity index (χ1v) is 7.37. The minimum absolute atomic E-state index is 0.429. The fourth-order valence-corrected chi connectivity index (χ4v) is 2.91. The Bertz CT molecular complexity index is 724. The second kappa shape index (κ2) is 6.12. The molecule has 0 amide bonds. The third-order valence-electron chi connectivity index (χ3n) is 3.99. The van der Waals surface area contributed by atoms with Crippen molar-refractivity contribution in [1.82, 2.24) is 0 Å². The van der Waals surface area contributed by atoms with Gasteiger partial charge in [0.15, 0.2) is 0 Å². The van der Waals surface area contributed by atoms with Crippen LogP contribution in [0.4, 0.5) is 11.4 Å². The average molecular weight is 315 g/mol. The van der Waals surface area contributed by atoms with Crippen molar-refractivity contribution < 1.29 is 19.8 Å². The summed E-state index contributed by atoms with van der Waals surface area (Å²) in [6.45, 7) is 1.60. The molecule has 0 spiro atoms. The first-order valence-electron chi connectivity index (χ1n) is 7.37. The molecule has 0 aliphatic carbocycles. The van der Waals surface area contributed by atoms with Gasteiger partial charge in [0.25, 0.3) is 0 Å². The van der Waals surface area contributed by atoms with Gasteiger partial charge in [0.05, 0.1) is 23.7 Å². The van der Waals surface area contributed by atoms with Crippen LogP contribution in [0.3, 0.4) is 0 Å². The third kappa shape index (κ3) is 3.03. The Morgan fingerprint density at radius 3 is 2.52 bits per heavy atom. The molecule has 0 radical (unpaired) electrons. The van der Waals surface area contributed by atoms with Crippen LogP contribution < -0.4 is 10.6 Å². The van der Waals surface area contributed by atoms with Crippen molar-refractivity contribution in [2.24, 2.45) is 10.9 Å². The molecule has 7 nitrogen and oxygen atoms in total. The molecule has 1 aromatic carbocycles. The number of nitrogens with zero attached hydrogens (tertiary/aromatic N) is 1. The Balaban J connectivity index is 2.09. The summed E-state index contributed by atoms with van der Waals surface area (Å²) in [5.74, 6) is -3.44. The van der Waals surface area contributed by atoms with Crippen LogP contribution in [-0.4, -0.2) is 41.5 Å². The van der Waals surface area contributed by atoms with Gasteiger partial charge in [-0.05, 0) is 28.8 Å². The third-order valence-corrected chi connectivity index (χ3v) is 3.99. The molecule has 7 heteroatoms. The zero-order chi connectivity index (χ0) is 16.4. The average Bonchev–Trinajstić information content (AvgIpc) is 2.72. The van der Waals surface area contributed by atoms with Crippen LogP contribution in [0.5, 0.6) is 0 Å². The molecular formula is C16H17N3O4. The van der Waals surface area contributed by atoms with E-state index in [9.17, 15) is 14.7 Å². The molecule has 0 bridgehead atoms. The van der Waals surface area contributed by atoms with Gasteiger partial charge in [0, 0.05) is 31.9 Å². The number of nitrogens with one attached hydrogen (secondary N) is 2. The molecule has 23 heavy (non-hydrogen) atoms. The van der Waals surface area contributed by atoms with Crippen LogP contribution in [0.25, 0.3) is 5.57 Å². The van der Waals surface area contributed by atoms with Gasteiger partial charge in [-0.1, -0.05) is 0 Å². The number of benzene rings is 1. The van der Waals surface area contributed by atoms with E-state index in [4.69, 9.17) is 5.11 Å². The Labute approximate surface area is 132 Å². The fraction of sp³-hybridized carbons (Fsp3) is 0.312. The lowest BCUT2D eigenvalue weighted by Gasteiger charge is -2.24. The number of rotatable bonds is 4. The van der Waals surface area contributed by atoms with E-state index in [0.29, 0.717) is 12.0 Å². The van der Waals surface area contributed by atoms with Crippen LogP contribution in [0.1, 0.15) is 17.5 Å². The molecule has 1 unspecified atom stereocenters. The van der Waals surface area contributed by atoms with E-state index in [2.05, 4.69) is 15.6 Å². The summed E-state index contributed by atoms with van der Waals surface area (Å²) < 4.78 is 0. The SMILES string of the molecule is O=C(O)CC(C(=O)O)C1=CN=CCc2cc3c(cc21)NCCN3. The number of fused-ring (bicyclic) bond motifs is 2. The van der Waals surface area contributed by atoms with Gasteiger partial charge in [-0.2, -0.15) is 0 Å². The number of aliphatic carboxylic acids is 2. The van der Waals surface area contributed by atoms with Crippen molar-refractivity contribution in [2.75, 3.05) is 23.7 Å². The van der Waals surface area contributed by atoms with Crippen molar-refractivity contribution in [3.05, 3.63) is 29.5 Å². The molecule has 120 valence electrons. The highest BCUT2D eigenvalue weighted by Crippen LogP contribution is 2.36. The largest absolute Gasteiger partial charge is 0.481 e. The van der Waals surface area contributed by atoms with Crippen LogP contribution in [-0.2, 0) is 16.0 Å². The molecule has 3 rings (SSSR count). The van der Waals surface area contributed by atoms with Gasteiger partial charge in [-0.15, -0.1) is 0 Å². The second-order valence-corrected chi connectivity index (χ2v) is 5.52. The maximum absolute atomic E-state index is 11.6. The Kier molecular flexibility index (Phi) is 4.01. The molecule has 1 atom stereocenters. The monoisotopic (exact) mass is 315 g/mol. The van der Waals surface area contributed by atoms with Gasteiger partial charge >= 0.3 is 11.9 Å². The maximum atomic E-state index is 11.6. The lowest BCUT2D eigenvalue weighted by molar-refractivity contribution is -0.146. The lowest BCUT2D eigenvalue weighted by Crippen LogP contribution is -2.22. The number of carboxylic acids is 2. The summed E-state index contributed by atoms with van der Waals surface area (Å²) in [7, 11) is 0. The highest BCUT2D eigenvalue weighted by Gasteiger charge is 2.29. The predicted octanol–water partition coefficient (Wildman–Crippen LogP) is 1.67. The molecule has 0 aromatic heterocycles. The van der Waals surface area contributed by atoms with Crippen molar-refractivity contribution in [1.29, 1.82) is 0 Å². The molecule has 1 aromatic rings. The standard InChI is InChI=1S/C16H17N3O4/c20-15(21)7-11(16(22)23)12-8-17-2-1-9-5-13-14(6-10(9)12)19-4-3-18-13/h2,5-6,8,11,18-19H,1,3-4,7H2,(H,20,21)(H,22,23). The number of carbonyl (C=O) groups is 2. The first kappa shape index (κ1) is 15.1. The van der Waals surface area contributed by atoms with Crippen molar-refractivity contribution in [3.63, 3.8) is 0 Å². The molecule has 0 fully saturated rings. The quantitative estimate of drug-likeness (QED) is 0.672. The minimum atomic E-state index is -1.16. The highest BCUT2D eigenvalue weighted by molar-refractivity contribution is 5.94. The van der Waals surface area contributed by atoms with Crippen molar-refractivity contribution >= 4 is 35.1 Å². The lowest BCUT2D eigenvalue weighted by atomic mass is 9.87. The van der Waals surface area contributed by atoms with Crippen LogP contribution >= 0.6 is 0 Å². The number of anilines is 2. The van der Waals surface area contributed by atoms with Gasteiger partial charge in [-0.3, -0.25) is 14.6 Å². The summed E-state index contributed by atoms with van der Waals surface area (Å²) in [6.07, 6.45) is 3.27. The number of aliphatic imine (C=N–C) groups is 1. The van der Waals surface area contributed by atoms with Gasteiger partial charge in [0.2, 0.25) is 0 Å². The van der Waals surface area contributed by atoms with E-state index in [1.807, 2.05) is 12.1 Å². The van der Waals surface area contributed by atoms with E-state index in [0.717, 1.165) is 35.6 Å². The smallest absolute Gasteiger partial charge is 0.311 e. The van der Waals surface area contributed by atoms with E-state index >= 15 is 0 Å². The summed E-state index contributed by atoms with van der Waals surface area (Å²) in [6, 6.07) is 3.86. The van der Waals surface area contributed by atoms with Crippen LogP contribution in [0.2, 0.25) is 0 Å². The first-order chi connectivity index (χ1) is 11.1. The molecule has 4 N–H and O–H groups in total. The van der Waals surface area contributed by atoms with E-state index in [1.165, 1.54) is 6.20 Å². The molecule has 2 aliphatic rings. The van der Waals surface area contributed by atoms with Crippen molar-refractivity contribution in [3.8, 4) is 0 Å². The Morgan fingerprint density at radius 2 is 1.87 bits per heavy atom. The summed E-state index contributed by atoms with van der Waals surface area (Å²) in [5.41, 5.74) is 3.96. The van der Waals surface area contributed by atoms with Gasteiger partial charge in [0.1, 0.15) is 0 Å². The van der Waals surface area contributed by atoms with Crippen LogP contribution in [0.15, 0.2) is 23.3 Å². The highest BCUT2D eigenvalue weighted by atomic mass is 16.4. The molecule has 2 heterocycles. The summed E-state index contributed by atoms with van der Waals surface area (Å²) >= 11 is 0. The van der Waals surface area contributed by atoms with E-state index in [1.54, 1.807) is 6.21 Å². The van der Waals surface area contributed by atoms with Crippen LogP contribution in [0, 0.1) is 5.92 Å². The fourth-order valence-electron chi connectivity index (χ4n) is 2.91. The summed E-state index contributed by atoms with van der Waals surface area (Å²) in [4.78, 5) is 26.7. The van der Waals surface area contributed by atoms with Crippen molar-refractivity contribution in [2.45, 2.75) is 12.8 Å².